The first-order chi connectivity index (χ1) is 9.08. The van der Waals surface area contributed by atoms with Crippen LogP contribution < -0.4 is 5.32 Å². The molecule has 0 saturated heterocycles. The molecule has 100 valence electrons. The van der Waals surface area contributed by atoms with E-state index < -0.39 is 0 Å². The Hall–Kier alpha value is -2.10. The lowest BCUT2D eigenvalue weighted by Crippen LogP contribution is -2.35. The quantitative estimate of drug-likeness (QED) is 0.916. The molecular formula is C15H18N2O2. The van der Waals surface area contributed by atoms with Crippen LogP contribution in [-0.2, 0) is 0 Å². The number of rotatable bonds is 4. The third kappa shape index (κ3) is 3.22. The van der Waals surface area contributed by atoms with Gasteiger partial charge in [-0.3, -0.25) is 4.79 Å². The van der Waals surface area contributed by atoms with Crippen LogP contribution in [0.1, 0.15) is 31.3 Å². The molecule has 0 radical (unpaired) electrons. The lowest BCUT2D eigenvalue weighted by Gasteiger charge is -2.15. The average Bonchev–Trinajstić information content (AvgIpc) is 2.89. The third-order valence-electron chi connectivity index (χ3n) is 3.16. The monoisotopic (exact) mass is 258 g/mol. The van der Waals surface area contributed by atoms with Crippen molar-refractivity contribution in [2.75, 3.05) is 0 Å². The molecule has 0 saturated carbocycles. The summed E-state index contributed by atoms with van der Waals surface area (Å²) in [4.78, 5) is 12.0. The summed E-state index contributed by atoms with van der Waals surface area (Å²) in [6.45, 7) is 6.08. The number of nitrogens with one attached hydrogen (secondary N) is 1. The zero-order valence-electron chi connectivity index (χ0n) is 11.4. The van der Waals surface area contributed by atoms with Gasteiger partial charge >= 0.3 is 0 Å². The van der Waals surface area contributed by atoms with Gasteiger partial charge in [0.05, 0.1) is 0 Å². The predicted molar refractivity (Wildman–Crippen MR) is 73.7 cm³/mol. The molecule has 19 heavy (non-hydrogen) atoms. The normalized spacial score (nSPS) is 12.4. The largest absolute Gasteiger partial charge is 0.350 e. The molecule has 4 nitrogen and oxygen atoms in total. The van der Waals surface area contributed by atoms with Crippen LogP contribution in [0.5, 0.6) is 0 Å². The summed E-state index contributed by atoms with van der Waals surface area (Å²) < 4.78 is 5.10. The summed E-state index contributed by atoms with van der Waals surface area (Å²) in [5.74, 6) is 0.391. The molecule has 0 fully saturated rings. The van der Waals surface area contributed by atoms with E-state index in [1.807, 2.05) is 37.3 Å². The molecule has 1 heterocycles. The predicted octanol–water partition coefficient (Wildman–Crippen LogP) is 3.12. The average molecular weight is 258 g/mol. The standard InChI is InChI=1S/C15H18N2O2/c1-10(2)11(3)16-15(18)14-9-13(17-19-14)12-7-5-4-6-8-12/h4-11H,1-3H3,(H,16,18)/t11-/m0/s1. The second kappa shape index (κ2) is 5.69. The van der Waals surface area contributed by atoms with E-state index in [0.717, 1.165) is 5.56 Å². The number of nitrogens with zero attached hydrogens (tertiary/aromatic N) is 1. The van der Waals surface area contributed by atoms with Crippen molar-refractivity contribution >= 4 is 5.91 Å². The molecule has 0 bridgehead atoms. The van der Waals surface area contributed by atoms with Crippen LogP contribution in [0.15, 0.2) is 40.9 Å². The van der Waals surface area contributed by atoms with Gasteiger partial charge in [0.15, 0.2) is 0 Å². The number of benzene rings is 1. The Bertz CT molecular complexity index is 546. The van der Waals surface area contributed by atoms with E-state index in [4.69, 9.17) is 4.52 Å². The molecule has 0 aliphatic rings. The van der Waals surface area contributed by atoms with Gasteiger partial charge in [0.2, 0.25) is 5.76 Å². The number of carbonyl (C=O) groups excluding carboxylic acids is 1. The maximum absolute atomic E-state index is 12.0. The number of hydrogen-bond donors (Lipinski definition) is 1. The zero-order valence-corrected chi connectivity index (χ0v) is 11.4. The number of hydrogen-bond acceptors (Lipinski definition) is 3. The van der Waals surface area contributed by atoms with E-state index in [1.54, 1.807) is 6.07 Å². The van der Waals surface area contributed by atoms with Gasteiger partial charge in [0, 0.05) is 17.7 Å². The molecular weight excluding hydrogens is 240 g/mol. The van der Waals surface area contributed by atoms with Crippen molar-refractivity contribution in [3.05, 3.63) is 42.2 Å². The van der Waals surface area contributed by atoms with Gasteiger partial charge in [-0.2, -0.15) is 0 Å². The maximum atomic E-state index is 12.0. The summed E-state index contributed by atoms with van der Waals surface area (Å²) >= 11 is 0. The third-order valence-corrected chi connectivity index (χ3v) is 3.16. The van der Waals surface area contributed by atoms with E-state index >= 15 is 0 Å². The minimum Gasteiger partial charge on any atom is -0.350 e. The van der Waals surface area contributed by atoms with Crippen molar-refractivity contribution in [3.8, 4) is 11.3 Å². The fourth-order valence-corrected chi connectivity index (χ4v) is 1.57. The molecule has 1 aromatic carbocycles. The zero-order chi connectivity index (χ0) is 13.8. The molecule has 1 amide bonds. The lowest BCUT2D eigenvalue weighted by atomic mass is 10.1. The van der Waals surface area contributed by atoms with Gasteiger partial charge < -0.3 is 9.84 Å². The van der Waals surface area contributed by atoms with Crippen LogP contribution in [0, 0.1) is 5.92 Å². The highest BCUT2D eigenvalue weighted by Gasteiger charge is 2.17. The molecule has 0 aliphatic carbocycles. The van der Waals surface area contributed by atoms with Gasteiger partial charge in [0.25, 0.3) is 5.91 Å². The molecule has 4 heteroatoms. The summed E-state index contributed by atoms with van der Waals surface area (Å²) in [6.07, 6.45) is 0. The Balaban J connectivity index is 2.11. The van der Waals surface area contributed by atoms with Crippen LogP contribution in [0.25, 0.3) is 11.3 Å². The Morgan fingerprint density at radius 3 is 2.53 bits per heavy atom. The molecule has 2 rings (SSSR count). The van der Waals surface area contributed by atoms with Crippen molar-refractivity contribution in [1.82, 2.24) is 10.5 Å². The fraction of sp³-hybridized carbons (Fsp3) is 0.333. The second-order valence-electron chi connectivity index (χ2n) is 4.95. The molecule has 2 aromatic rings. The molecule has 1 N–H and O–H groups in total. The van der Waals surface area contributed by atoms with Crippen LogP contribution in [0.4, 0.5) is 0 Å². The molecule has 0 unspecified atom stereocenters. The van der Waals surface area contributed by atoms with Crippen molar-refractivity contribution in [1.29, 1.82) is 0 Å². The van der Waals surface area contributed by atoms with Crippen molar-refractivity contribution in [2.24, 2.45) is 5.92 Å². The first kappa shape index (κ1) is 13.3. The van der Waals surface area contributed by atoms with Crippen molar-refractivity contribution in [3.63, 3.8) is 0 Å². The second-order valence-corrected chi connectivity index (χ2v) is 4.95. The highest BCUT2D eigenvalue weighted by atomic mass is 16.5. The minimum absolute atomic E-state index is 0.0952. The fourth-order valence-electron chi connectivity index (χ4n) is 1.57. The Labute approximate surface area is 112 Å². The van der Waals surface area contributed by atoms with Gasteiger partial charge in [-0.25, -0.2) is 0 Å². The highest BCUT2D eigenvalue weighted by molar-refractivity contribution is 5.92. The number of aromatic nitrogens is 1. The summed E-state index contributed by atoms with van der Waals surface area (Å²) in [5, 5.41) is 6.81. The van der Waals surface area contributed by atoms with E-state index in [1.165, 1.54) is 0 Å². The van der Waals surface area contributed by atoms with E-state index in [9.17, 15) is 4.79 Å². The summed E-state index contributed by atoms with van der Waals surface area (Å²) in [6, 6.07) is 11.4. The first-order valence-corrected chi connectivity index (χ1v) is 6.41. The van der Waals surface area contributed by atoms with Crippen LogP contribution in [0.3, 0.4) is 0 Å². The Morgan fingerprint density at radius 2 is 1.89 bits per heavy atom. The van der Waals surface area contributed by atoms with Crippen LogP contribution in [-0.4, -0.2) is 17.1 Å². The molecule has 0 spiro atoms. The van der Waals surface area contributed by atoms with Gasteiger partial charge in [-0.15, -0.1) is 0 Å². The van der Waals surface area contributed by atoms with Crippen molar-refractivity contribution in [2.45, 2.75) is 26.8 Å². The lowest BCUT2D eigenvalue weighted by molar-refractivity contribution is 0.0893. The van der Waals surface area contributed by atoms with Crippen molar-refractivity contribution < 1.29 is 9.32 Å². The summed E-state index contributed by atoms with van der Waals surface area (Å²) in [7, 11) is 0. The smallest absolute Gasteiger partial charge is 0.290 e. The maximum Gasteiger partial charge on any atom is 0.290 e. The first-order valence-electron chi connectivity index (χ1n) is 6.41. The number of amides is 1. The minimum atomic E-state index is -0.226. The molecule has 1 atom stereocenters. The van der Waals surface area contributed by atoms with Gasteiger partial charge in [-0.1, -0.05) is 49.3 Å². The summed E-state index contributed by atoms with van der Waals surface area (Å²) in [5.41, 5.74) is 1.60. The van der Waals surface area contributed by atoms with E-state index in [-0.39, 0.29) is 17.7 Å². The Morgan fingerprint density at radius 1 is 1.21 bits per heavy atom. The van der Waals surface area contributed by atoms with Gasteiger partial charge in [-0.05, 0) is 12.8 Å². The topological polar surface area (TPSA) is 55.1 Å². The highest BCUT2D eigenvalue weighted by Crippen LogP contribution is 2.18. The van der Waals surface area contributed by atoms with Gasteiger partial charge in [0.1, 0.15) is 5.69 Å². The SMILES string of the molecule is CC(C)[C@H](C)NC(=O)c1cc(-c2ccccc2)no1. The molecule has 0 aliphatic heterocycles. The number of carbonyl (C=O) groups is 1. The molecule has 1 aromatic heterocycles. The van der Waals surface area contributed by atoms with Crippen LogP contribution in [0.2, 0.25) is 0 Å². The Kier molecular flexibility index (Phi) is 4.00. The van der Waals surface area contributed by atoms with E-state index in [0.29, 0.717) is 11.6 Å². The van der Waals surface area contributed by atoms with Crippen LogP contribution >= 0.6 is 0 Å². The van der Waals surface area contributed by atoms with E-state index in [2.05, 4.69) is 24.3 Å².